The number of H-pyrrole nitrogens is 1. The molecule has 0 spiro atoms. The summed E-state index contributed by atoms with van der Waals surface area (Å²) in [4.78, 5) is 17.7. The second-order valence-electron chi connectivity index (χ2n) is 3.93. The lowest BCUT2D eigenvalue weighted by atomic mass is 10.2. The van der Waals surface area contributed by atoms with Gasteiger partial charge in [0.05, 0.1) is 11.2 Å². The Kier molecular flexibility index (Phi) is 4.26. The highest BCUT2D eigenvalue weighted by Crippen LogP contribution is 2.29. The van der Waals surface area contributed by atoms with E-state index in [-0.39, 0.29) is 22.3 Å². The summed E-state index contributed by atoms with van der Waals surface area (Å²) in [7, 11) is 0. The number of hydrogen-bond donors (Lipinski definition) is 3. The summed E-state index contributed by atoms with van der Waals surface area (Å²) in [5, 5.41) is 14.1. The molecule has 0 unspecified atom stereocenters. The van der Waals surface area contributed by atoms with Gasteiger partial charge in [0, 0.05) is 22.3 Å². The third kappa shape index (κ3) is 3.49. The van der Waals surface area contributed by atoms with Crippen molar-refractivity contribution in [1.29, 1.82) is 0 Å². The number of anilines is 1. The number of aromatic amines is 1. The summed E-state index contributed by atoms with van der Waals surface area (Å²) in [6, 6.07) is 4.28. The van der Waals surface area contributed by atoms with Crippen LogP contribution in [0.25, 0.3) is 0 Å². The zero-order chi connectivity index (χ0) is 14.7. The molecule has 0 aliphatic heterocycles. The Hall–Kier alpha value is -2.05. The highest BCUT2D eigenvalue weighted by Gasteiger charge is 2.05. The maximum Gasteiger partial charge on any atom is 0.252 e. The minimum atomic E-state index is -0.288. The summed E-state index contributed by atoms with van der Waals surface area (Å²) < 4.78 is 0. The molecule has 2 rings (SSSR count). The Labute approximate surface area is 124 Å². The van der Waals surface area contributed by atoms with Crippen LogP contribution in [0.4, 0.5) is 5.95 Å². The number of rotatable bonds is 3. The van der Waals surface area contributed by atoms with E-state index in [9.17, 15) is 9.90 Å². The smallest absolute Gasteiger partial charge is 0.252 e. The first kappa shape index (κ1) is 14.4. The zero-order valence-electron chi connectivity index (χ0n) is 10.3. The minimum absolute atomic E-state index is 0.126. The maximum absolute atomic E-state index is 11.2. The molecule has 3 N–H and O–H groups in total. The number of hydrazone groups is 1. The zero-order valence-corrected chi connectivity index (χ0v) is 11.8. The predicted molar refractivity (Wildman–Crippen MR) is 78.9 cm³/mol. The van der Waals surface area contributed by atoms with Gasteiger partial charge in [-0.1, -0.05) is 23.2 Å². The van der Waals surface area contributed by atoms with Gasteiger partial charge < -0.3 is 5.11 Å². The highest BCUT2D eigenvalue weighted by molar-refractivity contribution is 6.36. The number of nitrogens with one attached hydrogen (secondary N) is 2. The van der Waals surface area contributed by atoms with Crippen molar-refractivity contribution in [2.75, 3.05) is 5.43 Å². The van der Waals surface area contributed by atoms with E-state index < -0.39 is 0 Å². The molecule has 2 aromatic rings. The van der Waals surface area contributed by atoms with Crippen LogP contribution in [-0.4, -0.2) is 21.3 Å². The van der Waals surface area contributed by atoms with Crippen LogP contribution in [0.2, 0.25) is 10.0 Å². The van der Waals surface area contributed by atoms with E-state index in [0.717, 1.165) is 0 Å². The lowest BCUT2D eigenvalue weighted by Crippen LogP contribution is -2.10. The summed E-state index contributed by atoms with van der Waals surface area (Å²) in [6.45, 7) is 1.69. The van der Waals surface area contributed by atoms with Crippen molar-refractivity contribution >= 4 is 35.4 Å². The van der Waals surface area contributed by atoms with E-state index in [2.05, 4.69) is 20.5 Å². The molecule has 0 atom stereocenters. The average molecular weight is 313 g/mol. The first-order valence-electron chi connectivity index (χ1n) is 5.51. The fourth-order valence-corrected chi connectivity index (χ4v) is 1.99. The molecule has 104 valence electrons. The molecule has 0 amide bonds. The van der Waals surface area contributed by atoms with Crippen molar-refractivity contribution in [3.63, 3.8) is 0 Å². The van der Waals surface area contributed by atoms with Crippen molar-refractivity contribution in [2.24, 2.45) is 5.10 Å². The number of hydrogen-bond acceptors (Lipinski definition) is 5. The molecule has 0 bridgehead atoms. The third-order valence-electron chi connectivity index (χ3n) is 2.30. The molecule has 1 aromatic carbocycles. The number of halogens is 2. The molecule has 1 heterocycles. The maximum atomic E-state index is 11.2. The number of phenols is 1. The molecule has 0 saturated heterocycles. The molecule has 6 nitrogen and oxygen atoms in total. The highest BCUT2D eigenvalue weighted by atomic mass is 35.5. The topological polar surface area (TPSA) is 90.4 Å². The number of nitrogens with zero attached hydrogens (tertiary/aromatic N) is 2. The first-order valence-corrected chi connectivity index (χ1v) is 6.26. The van der Waals surface area contributed by atoms with Crippen LogP contribution in [0.5, 0.6) is 5.75 Å². The van der Waals surface area contributed by atoms with Crippen molar-refractivity contribution in [2.45, 2.75) is 6.92 Å². The third-order valence-corrected chi connectivity index (χ3v) is 2.81. The van der Waals surface area contributed by atoms with Gasteiger partial charge in [-0.05, 0) is 19.1 Å². The summed E-state index contributed by atoms with van der Waals surface area (Å²) >= 11 is 11.6. The Morgan fingerprint density at radius 1 is 1.40 bits per heavy atom. The SMILES string of the molecule is Cc1cc(=O)[nH]c(N/N=C/c2cc(Cl)cc(Cl)c2O)n1. The van der Waals surface area contributed by atoms with E-state index in [4.69, 9.17) is 23.2 Å². The van der Waals surface area contributed by atoms with Crippen LogP contribution in [0.3, 0.4) is 0 Å². The van der Waals surface area contributed by atoms with Gasteiger partial charge >= 0.3 is 0 Å². The number of aromatic hydroxyl groups is 1. The van der Waals surface area contributed by atoms with Gasteiger partial charge in [0.1, 0.15) is 5.75 Å². The lowest BCUT2D eigenvalue weighted by molar-refractivity contribution is 0.475. The van der Waals surface area contributed by atoms with Gasteiger partial charge in [-0.3, -0.25) is 9.78 Å². The van der Waals surface area contributed by atoms with Crippen LogP contribution < -0.4 is 11.0 Å². The Morgan fingerprint density at radius 2 is 2.15 bits per heavy atom. The lowest BCUT2D eigenvalue weighted by Gasteiger charge is -2.03. The monoisotopic (exact) mass is 312 g/mol. The standard InChI is InChI=1S/C12H10Cl2N4O2/c1-6-2-10(19)17-12(16-6)18-15-5-7-3-8(13)4-9(14)11(7)20/h2-5,20H,1H3,(H2,16,17,18,19)/b15-5+. The normalized spacial score (nSPS) is 10.9. The second-order valence-corrected chi connectivity index (χ2v) is 4.77. The minimum Gasteiger partial charge on any atom is -0.506 e. The van der Waals surface area contributed by atoms with Gasteiger partial charge in [-0.2, -0.15) is 5.10 Å². The van der Waals surface area contributed by atoms with E-state index in [1.54, 1.807) is 6.92 Å². The number of aryl methyl sites for hydroxylation is 1. The fourth-order valence-electron chi connectivity index (χ4n) is 1.48. The molecule has 0 radical (unpaired) electrons. The molecule has 1 aromatic heterocycles. The van der Waals surface area contributed by atoms with E-state index in [1.165, 1.54) is 24.4 Å². The average Bonchev–Trinajstić information content (AvgIpc) is 2.34. The van der Waals surface area contributed by atoms with E-state index in [1.807, 2.05) is 0 Å². The van der Waals surface area contributed by atoms with E-state index >= 15 is 0 Å². The Bertz CT molecular complexity index is 728. The van der Waals surface area contributed by atoms with Crippen molar-refractivity contribution in [3.05, 3.63) is 49.9 Å². The Balaban J connectivity index is 2.20. The molecule has 0 aliphatic rings. The van der Waals surface area contributed by atoms with E-state index in [0.29, 0.717) is 16.3 Å². The van der Waals surface area contributed by atoms with Crippen LogP contribution in [0.15, 0.2) is 28.1 Å². The van der Waals surface area contributed by atoms with Crippen LogP contribution in [0, 0.1) is 6.92 Å². The second kappa shape index (κ2) is 5.94. The van der Waals surface area contributed by atoms with Gasteiger partial charge in [0.15, 0.2) is 0 Å². The number of benzene rings is 1. The largest absolute Gasteiger partial charge is 0.506 e. The number of phenolic OH excluding ortho intramolecular Hbond substituents is 1. The van der Waals surface area contributed by atoms with Crippen molar-refractivity contribution < 1.29 is 5.11 Å². The van der Waals surface area contributed by atoms with Crippen LogP contribution in [0.1, 0.15) is 11.3 Å². The predicted octanol–water partition coefficient (Wildman–Crippen LogP) is 2.54. The molecule has 0 fully saturated rings. The molecule has 0 aliphatic carbocycles. The van der Waals surface area contributed by atoms with Crippen molar-refractivity contribution in [3.8, 4) is 5.75 Å². The molecule has 8 heteroatoms. The van der Waals surface area contributed by atoms with Crippen LogP contribution in [-0.2, 0) is 0 Å². The first-order chi connectivity index (χ1) is 9.45. The van der Waals surface area contributed by atoms with Gasteiger partial charge in [-0.15, -0.1) is 0 Å². The molecule has 0 saturated carbocycles. The van der Waals surface area contributed by atoms with Gasteiger partial charge in [0.25, 0.3) is 5.56 Å². The molecule has 20 heavy (non-hydrogen) atoms. The fraction of sp³-hybridized carbons (Fsp3) is 0.0833. The van der Waals surface area contributed by atoms with Gasteiger partial charge in [0.2, 0.25) is 5.95 Å². The summed E-state index contributed by atoms with van der Waals surface area (Å²) in [6.07, 6.45) is 1.31. The molecular formula is C12H10Cl2N4O2. The molecular weight excluding hydrogens is 303 g/mol. The van der Waals surface area contributed by atoms with Crippen LogP contribution >= 0.6 is 23.2 Å². The summed E-state index contributed by atoms with van der Waals surface area (Å²) in [5.41, 5.74) is 3.15. The van der Waals surface area contributed by atoms with Gasteiger partial charge in [-0.25, -0.2) is 10.4 Å². The van der Waals surface area contributed by atoms with Crippen molar-refractivity contribution in [1.82, 2.24) is 9.97 Å². The summed E-state index contributed by atoms with van der Waals surface area (Å²) in [5.74, 6) is 0.0613. The Morgan fingerprint density at radius 3 is 2.85 bits per heavy atom. The quantitative estimate of drug-likeness (QED) is 0.600. The number of aromatic nitrogens is 2.